The molecule has 3 nitrogen and oxygen atoms in total. The molecule has 0 amide bonds. The predicted molar refractivity (Wildman–Crippen MR) is 120 cm³/mol. The smallest absolute Gasteiger partial charge is 0.192 e. The Morgan fingerprint density at radius 2 is 1.87 bits per heavy atom. The maximum Gasteiger partial charge on any atom is 0.192 e. The molecule has 0 radical (unpaired) electrons. The summed E-state index contributed by atoms with van der Waals surface area (Å²) in [5, 5.41) is 0.684. The fraction of sp³-hybridized carbons (Fsp3) is 0.148. The van der Waals surface area contributed by atoms with E-state index in [9.17, 15) is 4.79 Å². The Balaban J connectivity index is 1.42. The van der Waals surface area contributed by atoms with Crippen LogP contribution in [0.1, 0.15) is 27.8 Å². The van der Waals surface area contributed by atoms with Crippen LogP contribution in [0.2, 0.25) is 0 Å². The van der Waals surface area contributed by atoms with Crippen molar-refractivity contribution in [2.45, 2.75) is 19.3 Å². The first kappa shape index (κ1) is 18.3. The maximum absolute atomic E-state index is 13.1. The molecule has 0 fully saturated rings. The molecular weight excluding hydrogens is 370 g/mol. The van der Waals surface area contributed by atoms with Gasteiger partial charge in [0.2, 0.25) is 0 Å². The van der Waals surface area contributed by atoms with Gasteiger partial charge < -0.3 is 9.72 Å². The Hall–Kier alpha value is -3.77. The van der Waals surface area contributed by atoms with Crippen molar-refractivity contribution in [3.63, 3.8) is 0 Å². The maximum atomic E-state index is 13.1. The van der Waals surface area contributed by atoms with Crippen LogP contribution < -0.4 is 10.2 Å². The lowest BCUT2D eigenvalue weighted by Crippen LogP contribution is -2.11. The van der Waals surface area contributed by atoms with Crippen LogP contribution in [-0.4, -0.2) is 11.6 Å². The van der Waals surface area contributed by atoms with Crippen LogP contribution in [-0.2, 0) is 19.3 Å². The third-order valence-electron chi connectivity index (χ3n) is 5.47. The molecule has 5 rings (SSSR count). The minimum Gasteiger partial charge on any atom is -0.493 e. The van der Waals surface area contributed by atoms with E-state index in [2.05, 4.69) is 35.0 Å². The van der Waals surface area contributed by atoms with Gasteiger partial charge in [-0.15, -0.1) is 0 Å². The second-order valence-electron chi connectivity index (χ2n) is 7.58. The molecule has 0 unspecified atom stereocenters. The Kier molecular flexibility index (Phi) is 4.83. The third kappa shape index (κ3) is 3.73. The van der Waals surface area contributed by atoms with Gasteiger partial charge in [-0.05, 0) is 41.0 Å². The molecule has 1 aliphatic rings. The number of aromatic nitrogens is 1. The molecule has 0 bridgehead atoms. The first-order valence-electron chi connectivity index (χ1n) is 10.2. The molecule has 0 aliphatic carbocycles. The Morgan fingerprint density at radius 3 is 2.77 bits per heavy atom. The van der Waals surface area contributed by atoms with E-state index in [0.717, 1.165) is 41.0 Å². The highest BCUT2D eigenvalue weighted by molar-refractivity contribution is 5.80. The fourth-order valence-electron chi connectivity index (χ4n) is 3.88. The Morgan fingerprint density at radius 1 is 0.967 bits per heavy atom. The van der Waals surface area contributed by atoms with E-state index >= 15 is 0 Å². The highest BCUT2D eigenvalue weighted by atomic mass is 16.5. The lowest BCUT2D eigenvalue weighted by atomic mass is 10.0. The van der Waals surface area contributed by atoms with E-state index in [1.54, 1.807) is 0 Å². The summed E-state index contributed by atoms with van der Waals surface area (Å²) in [6.45, 7) is 0.740. The van der Waals surface area contributed by atoms with Crippen molar-refractivity contribution in [2.75, 3.05) is 6.61 Å². The van der Waals surface area contributed by atoms with Crippen LogP contribution in [0.3, 0.4) is 0 Å². The van der Waals surface area contributed by atoms with Crippen LogP contribution in [0, 0.1) is 11.8 Å². The number of hydrogen-bond acceptors (Lipinski definition) is 2. The standard InChI is InChI=1S/C27H21NO2/c29-27-23(16-21-10-12-26-22(15-21)13-14-30-26)18-28-25-11-9-20(17-24(25)27)8-4-7-19-5-2-1-3-6-19/h1-3,5-6,9-12,15,17-18H,7,13-14,16H2,(H,28,29). The molecule has 1 aliphatic heterocycles. The van der Waals surface area contributed by atoms with Gasteiger partial charge in [0, 0.05) is 47.5 Å². The monoisotopic (exact) mass is 391 g/mol. The van der Waals surface area contributed by atoms with Gasteiger partial charge in [0.15, 0.2) is 5.43 Å². The molecular formula is C27H21NO2. The Bertz CT molecular complexity index is 1340. The number of rotatable bonds is 3. The van der Waals surface area contributed by atoms with Crippen molar-refractivity contribution < 1.29 is 4.74 Å². The molecule has 2 heterocycles. The molecule has 0 saturated heterocycles. The van der Waals surface area contributed by atoms with Gasteiger partial charge in [-0.1, -0.05) is 54.3 Å². The van der Waals surface area contributed by atoms with Crippen LogP contribution in [0.25, 0.3) is 10.9 Å². The third-order valence-corrected chi connectivity index (χ3v) is 5.47. The van der Waals surface area contributed by atoms with Crippen LogP contribution in [0.5, 0.6) is 5.75 Å². The summed E-state index contributed by atoms with van der Waals surface area (Å²) in [6, 6.07) is 22.1. The SMILES string of the molecule is O=c1c(Cc2ccc3c(c2)CCO3)c[nH]c2ccc(C#CCc3ccccc3)cc12. The normalized spacial score (nSPS) is 12.1. The molecule has 1 N–H and O–H groups in total. The van der Waals surface area contributed by atoms with E-state index in [1.165, 1.54) is 11.1 Å². The summed E-state index contributed by atoms with van der Waals surface area (Å²) in [4.78, 5) is 16.4. The van der Waals surface area contributed by atoms with Gasteiger partial charge in [-0.3, -0.25) is 4.79 Å². The summed E-state index contributed by atoms with van der Waals surface area (Å²) in [5.74, 6) is 7.36. The number of ether oxygens (including phenoxy) is 1. The van der Waals surface area contributed by atoms with Crippen molar-refractivity contribution in [3.8, 4) is 17.6 Å². The summed E-state index contributed by atoms with van der Waals surface area (Å²) in [6.07, 6.45) is 4.05. The lowest BCUT2D eigenvalue weighted by Gasteiger charge is -2.06. The molecule has 1 aromatic heterocycles. The Labute approximate surface area is 175 Å². The molecule has 3 heteroatoms. The number of pyridine rings is 1. The second-order valence-corrected chi connectivity index (χ2v) is 7.58. The first-order chi connectivity index (χ1) is 14.8. The zero-order valence-electron chi connectivity index (χ0n) is 16.6. The quantitative estimate of drug-likeness (QED) is 0.517. The van der Waals surface area contributed by atoms with Crippen molar-refractivity contribution >= 4 is 10.9 Å². The van der Waals surface area contributed by atoms with Gasteiger partial charge in [0.05, 0.1) is 6.61 Å². The summed E-state index contributed by atoms with van der Waals surface area (Å²) in [7, 11) is 0. The fourth-order valence-corrected chi connectivity index (χ4v) is 3.88. The number of aromatic amines is 1. The number of hydrogen-bond donors (Lipinski definition) is 1. The molecule has 0 atom stereocenters. The topological polar surface area (TPSA) is 42.1 Å². The van der Waals surface area contributed by atoms with Gasteiger partial charge in [-0.2, -0.15) is 0 Å². The van der Waals surface area contributed by atoms with Crippen molar-refractivity contribution in [2.24, 2.45) is 0 Å². The van der Waals surface area contributed by atoms with Crippen LogP contribution >= 0.6 is 0 Å². The lowest BCUT2D eigenvalue weighted by molar-refractivity contribution is 0.357. The molecule has 146 valence electrons. The number of benzene rings is 3. The van der Waals surface area contributed by atoms with E-state index in [1.807, 2.05) is 54.7 Å². The number of fused-ring (bicyclic) bond motifs is 2. The first-order valence-corrected chi connectivity index (χ1v) is 10.2. The average molecular weight is 391 g/mol. The highest BCUT2D eigenvalue weighted by Crippen LogP contribution is 2.26. The van der Waals surface area contributed by atoms with Crippen LogP contribution in [0.4, 0.5) is 0 Å². The molecule has 0 spiro atoms. The zero-order valence-corrected chi connectivity index (χ0v) is 16.6. The molecule has 0 saturated carbocycles. The van der Waals surface area contributed by atoms with Crippen molar-refractivity contribution in [3.05, 3.63) is 111 Å². The van der Waals surface area contributed by atoms with Gasteiger partial charge in [-0.25, -0.2) is 0 Å². The van der Waals surface area contributed by atoms with Gasteiger partial charge >= 0.3 is 0 Å². The zero-order chi connectivity index (χ0) is 20.3. The summed E-state index contributed by atoms with van der Waals surface area (Å²) in [5.41, 5.74) is 6.05. The average Bonchev–Trinajstić information content (AvgIpc) is 3.25. The van der Waals surface area contributed by atoms with E-state index in [4.69, 9.17) is 4.74 Å². The van der Waals surface area contributed by atoms with E-state index in [-0.39, 0.29) is 5.43 Å². The molecule has 30 heavy (non-hydrogen) atoms. The largest absolute Gasteiger partial charge is 0.493 e. The van der Waals surface area contributed by atoms with Crippen LogP contribution in [0.15, 0.2) is 77.7 Å². The number of H-pyrrole nitrogens is 1. The number of nitrogens with one attached hydrogen (secondary N) is 1. The summed E-state index contributed by atoms with van der Waals surface area (Å²) < 4.78 is 5.58. The minimum atomic E-state index is 0.0622. The van der Waals surface area contributed by atoms with Crippen molar-refractivity contribution in [1.29, 1.82) is 0 Å². The van der Waals surface area contributed by atoms with E-state index < -0.39 is 0 Å². The highest BCUT2D eigenvalue weighted by Gasteiger charge is 2.13. The molecule has 4 aromatic rings. The minimum absolute atomic E-state index is 0.0622. The van der Waals surface area contributed by atoms with E-state index in [0.29, 0.717) is 18.2 Å². The van der Waals surface area contributed by atoms with Crippen molar-refractivity contribution in [1.82, 2.24) is 4.98 Å². The predicted octanol–water partition coefficient (Wildman–Crippen LogP) is 4.65. The van der Waals surface area contributed by atoms with Gasteiger partial charge in [0.25, 0.3) is 0 Å². The second kappa shape index (κ2) is 7.93. The summed E-state index contributed by atoms with van der Waals surface area (Å²) >= 11 is 0. The van der Waals surface area contributed by atoms with Gasteiger partial charge in [0.1, 0.15) is 5.75 Å². The molecule has 3 aromatic carbocycles.